The molecule has 1 unspecified atom stereocenters. The lowest BCUT2D eigenvalue weighted by Crippen LogP contribution is -2.40. The van der Waals surface area contributed by atoms with Gasteiger partial charge in [0.05, 0.1) is 11.0 Å². The molecule has 0 amide bonds. The van der Waals surface area contributed by atoms with Gasteiger partial charge in [-0.1, -0.05) is 0 Å². The minimum atomic E-state index is -3.36. The Hall–Kier alpha value is -1.29. The van der Waals surface area contributed by atoms with E-state index in [0.29, 0.717) is 0 Å². The molecular formula is C15H22F2N2O4S. The quantitative estimate of drug-likeness (QED) is 0.455. The summed E-state index contributed by atoms with van der Waals surface area (Å²) in [5, 5.41) is 11.0. The van der Waals surface area contributed by atoms with Gasteiger partial charge in [-0.15, -0.1) is 4.72 Å². The van der Waals surface area contributed by atoms with E-state index in [9.17, 15) is 23.4 Å². The first kappa shape index (κ1) is 20.8. The fourth-order valence-corrected chi connectivity index (χ4v) is 2.68. The molecule has 0 spiro atoms. The van der Waals surface area contributed by atoms with E-state index in [0.717, 1.165) is 13.2 Å². The Morgan fingerprint density at radius 2 is 1.92 bits per heavy atom. The van der Waals surface area contributed by atoms with E-state index < -0.39 is 50.9 Å². The molecule has 0 radical (unpaired) electrons. The van der Waals surface area contributed by atoms with Gasteiger partial charge < -0.3 is 9.29 Å². The number of non-ortho nitro benzene ring substituents is 1. The van der Waals surface area contributed by atoms with Gasteiger partial charge in [-0.05, 0) is 39.3 Å². The summed E-state index contributed by atoms with van der Waals surface area (Å²) in [7, 11) is 1.13. The van der Waals surface area contributed by atoms with E-state index in [-0.39, 0.29) is 5.56 Å². The van der Waals surface area contributed by atoms with Crippen LogP contribution in [0.4, 0.5) is 14.5 Å². The lowest BCUT2D eigenvalue weighted by atomic mass is 10.0. The number of alkyl halides is 2. The van der Waals surface area contributed by atoms with Crippen molar-refractivity contribution in [3.05, 3.63) is 39.4 Å². The lowest BCUT2D eigenvalue weighted by molar-refractivity contribution is -0.385. The van der Waals surface area contributed by atoms with Crippen LogP contribution in [0.2, 0.25) is 0 Å². The highest BCUT2D eigenvalue weighted by Gasteiger charge is 2.35. The normalized spacial score (nSPS) is 15.2. The van der Waals surface area contributed by atoms with Gasteiger partial charge in [-0.2, -0.15) is 8.78 Å². The Kier molecular flexibility index (Phi) is 6.68. The second-order valence-electron chi connectivity index (χ2n) is 6.43. The molecule has 1 N–H and O–H groups in total. The molecule has 0 bridgehead atoms. The Balaban J connectivity index is 3.23. The van der Waals surface area contributed by atoms with Crippen molar-refractivity contribution in [1.29, 1.82) is 0 Å². The van der Waals surface area contributed by atoms with Crippen molar-refractivity contribution < 1.29 is 23.0 Å². The summed E-state index contributed by atoms with van der Waals surface area (Å²) >= 11 is -1.45. The Labute approximate surface area is 143 Å². The zero-order chi connectivity index (χ0) is 18.7. The molecule has 2 atom stereocenters. The Morgan fingerprint density at radius 3 is 2.38 bits per heavy atom. The van der Waals surface area contributed by atoms with Crippen molar-refractivity contribution in [3.8, 4) is 0 Å². The van der Waals surface area contributed by atoms with Gasteiger partial charge in [-0.25, -0.2) is 0 Å². The van der Waals surface area contributed by atoms with Crippen LogP contribution in [0, 0.1) is 10.1 Å². The molecule has 1 aromatic carbocycles. The van der Waals surface area contributed by atoms with E-state index in [4.69, 9.17) is 0 Å². The maximum Gasteiger partial charge on any atom is 0.296 e. The molecule has 0 fully saturated rings. The third-order valence-corrected chi connectivity index (χ3v) is 4.92. The largest absolute Gasteiger partial charge is 0.598 e. The van der Waals surface area contributed by atoms with Crippen LogP contribution in [0.25, 0.3) is 0 Å². The molecule has 0 saturated carbocycles. The van der Waals surface area contributed by atoms with Crippen molar-refractivity contribution in [1.82, 2.24) is 4.72 Å². The molecular weight excluding hydrogens is 342 g/mol. The number of hydrogen-bond donors (Lipinski definition) is 1. The summed E-state index contributed by atoms with van der Waals surface area (Å²) < 4.78 is 47.0. The maximum absolute atomic E-state index is 14.1. The van der Waals surface area contributed by atoms with Crippen molar-refractivity contribution in [2.45, 2.75) is 44.4 Å². The van der Waals surface area contributed by atoms with E-state index in [1.807, 2.05) is 0 Å². The molecule has 0 heterocycles. The highest BCUT2D eigenvalue weighted by atomic mass is 32.2. The second kappa shape index (κ2) is 7.73. The van der Waals surface area contributed by atoms with Gasteiger partial charge in [0.15, 0.2) is 0 Å². The molecule has 0 aromatic heterocycles. The minimum Gasteiger partial charge on any atom is -0.598 e. The molecule has 0 aliphatic heterocycles. The van der Waals surface area contributed by atoms with Gasteiger partial charge >= 0.3 is 0 Å². The third-order valence-electron chi connectivity index (χ3n) is 3.24. The number of methoxy groups -OCH3 is 1. The van der Waals surface area contributed by atoms with Crippen LogP contribution < -0.4 is 4.72 Å². The number of hydrogen-bond acceptors (Lipinski definition) is 5. The number of nitrogens with zero attached hydrogens (tertiary/aromatic N) is 1. The van der Waals surface area contributed by atoms with E-state index >= 15 is 0 Å². The zero-order valence-electron chi connectivity index (χ0n) is 14.3. The van der Waals surface area contributed by atoms with E-state index in [1.165, 1.54) is 12.1 Å². The predicted octanol–water partition coefficient (Wildman–Crippen LogP) is 3.45. The van der Waals surface area contributed by atoms with Gasteiger partial charge in [0, 0.05) is 36.2 Å². The number of nitrogens with one attached hydrogen (secondary N) is 1. The van der Waals surface area contributed by atoms with Gasteiger partial charge in [0.25, 0.3) is 11.6 Å². The van der Waals surface area contributed by atoms with Crippen LogP contribution in [0.5, 0.6) is 0 Å². The number of benzene rings is 1. The molecule has 6 nitrogen and oxygen atoms in total. The van der Waals surface area contributed by atoms with Crippen molar-refractivity contribution in [2.24, 2.45) is 0 Å². The standard InChI is InChI=1S/C15H22F2N2O4S/c1-10(18-24(22)14(2,3)4)11-6-12(15(16,17)9-23-5)8-13(7-11)19(20)21/h6-8,10,18H,9H2,1-5H3/t10-,24?/m1/s1. The summed E-state index contributed by atoms with van der Waals surface area (Å²) in [6.45, 7) is 6.00. The monoisotopic (exact) mass is 364 g/mol. The minimum absolute atomic E-state index is 0.257. The van der Waals surface area contributed by atoms with Gasteiger partial charge in [0.2, 0.25) is 0 Å². The molecule has 0 aliphatic carbocycles. The van der Waals surface area contributed by atoms with Crippen molar-refractivity contribution >= 4 is 17.0 Å². The summed E-state index contributed by atoms with van der Waals surface area (Å²) in [5.41, 5.74) is -0.704. The first-order valence-corrected chi connectivity index (χ1v) is 8.38. The van der Waals surface area contributed by atoms with Gasteiger partial charge in [0.1, 0.15) is 11.4 Å². The maximum atomic E-state index is 14.1. The molecule has 1 rings (SSSR count). The second-order valence-corrected chi connectivity index (χ2v) is 8.43. The predicted molar refractivity (Wildman–Crippen MR) is 88.3 cm³/mol. The fourth-order valence-electron chi connectivity index (χ4n) is 1.87. The lowest BCUT2D eigenvalue weighted by Gasteiger charge is -2.27. The average Bonchev–Trinajstić information content (AvgIpc) is 2.45. The average molecular weight is 364 g/mol. The smallest absolute Gasteiger partial charge is 0.296 e. The molecule has 24 heavy (non-hydrogen) atoms. The van der Waals surface area contributed by atoms with Crippen molar-refractivity contribution in [3.63, 3.8) is 0 Å². The highest BCUT2D eigenvalue weighted by Crippen LogP contribution is 2.33. The summed E-state index contributed by atoms with van der Waals surface area (Å²) in [5.74, 6) is -3.36. The topological polar surface area (TPSA) is 87.5 Å². The summed E-state index contributed by atoms with van der Waals surface area (Å²) in [6.07, 6.45) is 0. The first-order valence-electron chi connectivity index (χ1n) is 7.23. The van der Waals surface area contributed by atoms with E-state index in [2.05, 4.69) is 9.46 Å². The van der Waals surface area contributed by atoms with Crippen LogP contribution in [-0.4, -0.2) is 27.9 Å². The number of halogens is 2. The Morgan fingerprint density at radius 1 is 1.33 bits per heavy atom. The molecule has 0 saturated heterocycles. The van der Waals surface area contributed by atoms with E-state index in [1.54, 1.807) is 27.7 Å². The summed E-state index contributed by atoms with van der Waals surface area (Å²) in [6, 6.07) is 2.59. The third kappa shape index (κ3) is 5.37. The first-order chi connectivity index (χ1) is 10.9. The van der Waals surface area contributed by atoms with Crippen LogP contribution in [0.15, 0.2) is 18.2 Å². The molecule has 9 heteroatoms. The van der Waals surface area contributed by atoms with Crippen LogP contribution >= 0.6 is 0 Å². The number of nitro groups is 1. The highest BCUT2D eigenvalue weighted by molar-refractivity contribution is 7.90. The van der Waals surface area contributed by atoms with Crippen LogP contribution in [0.1, 0.15) is 44.9 Å². The SMILES string of the molecule is COCC(F)(F)c1cc([C@@H](C)N[S+]([O-])C(C)(C)C)cc([N+](=O)[O-])c1. The fraction of sp³-hybridized carbons (Fsp3) is 0.600. The van der Waals surface area contributed by atoms with Gasteiger partial charge in [-0.3, -0.25) is 10.1 Å². The summed E-state index contributed by atoms with van der Waals surface area (Å²) in [4.78, 5) is 10.3. The Bertz CT molecular complexity index is 593. The number of ether oxygens (including phenoxy) is 1. The van der Waals surface area contributed by atoms with Crippen LogP contribution in [0.3, 0.4) is 0 Å². The number of nitro benzene ring substituents is 1. The molecule has 136 valence electrons. The van der Waals surface area contributed by atoms with Crippen molar-refractivity contribution in [2.75, 3.05) is 13.7 Å². The number of rotatable bonds is 7. The molecule has 0 aliphatic rings. The molecule has 1 aromatic rings. The van der Waals surface area contributed by atoms with Crippen LogP contribution in [-0.2, 0) is 22.0 Å². The zero-order valence-corrected chi connectivity index (χ0v) is 15.1.